The van der Waals surface area contributed by atoms with E-state index in [4.69, 9.17) is 8.83 Å². The Morgan fingerprint density at radius 1 is 0.271 bits per heavy atom. The molecule has 0 fully saturated rings. The highest BCUT2D eigenvalue weighted by atomic mass is 16.3. The zero-order valence-electron chi connectivity index (χ0n) is 39.5. The summed E-state index contributed by atoms with van der Waals surface area (Å²) in [6.07, 6.45) is 0. The van der Waals surface area contributed by atoms with Crippen LogP contribution in [0.15, 0.2) is 227 Å². The molecule has 0 radical (unpaired) electrons. The van der Waals surface area contributed by atoms with Crippen LogP contribution in [0.25, 0.3) is 77.3 Å². The zero-order valence-corrected chi connectivity index (χ0v) is 39.5. The van der Waals surface area contributed by atoms with Crippen LogP contribution in [0.4, 0.5) is 34.1 Å². The van der Waals surface area contributed by atoms with E-state index in [-0.39, 0.29) is 10.8 Å². The molecule has 334 valence electrons. The van der Waals surface area contributed by atoms with Crippen molar-refractivity contribution in [2.75, 3.05) is 9.80 Å². The van der Waals surface area contributed by atoms with Gasteiger partial charge in [0.15, 0.2) is 0 Å². The highest BCUT2D eigenvalue weighted by Gasteiger charge is 2.39. The number of rotatable bonds is 5. The summed E-state index contributed by atoms with van der Waals surface area (Å²) >= 11 is 0. The normalized spacial score (nSPS) is 14.5. The van der Waals surface area contributed by atoms with Gasteiger partial charge in [0.2, 0.25) is 0 Å². The number of hydrogen-bond donors (Lipinski definition) is 0. The molecule has 0 saturated carbocycles. The van der Waals surface area contributed by atoms with Crippen LogP contribution in [0.5, 0.6) is 0 Å². The first-order valence-corrected chi connectivity index (χ1v) is 24.3. The van der Waals surface area contributed by atoms with Crippen LogP contribution in [0.3, 0.4) is 0 Å². The standard InChI is InChI=1S/C66H48N2O2/c1-65(2)53-15-7-9-17-57(53)67(47-29-21-41(22-30-47)43-27-35-63-51(37-43)49-13-5-11-19-61(49)69-63)59-33-25-45(39-55(59)65)46-26-34-60-56(40-46)66(3,4)54-16-8-10-18-58(54)68(60)48-31-23-42(24-32-48)44-28-36-64-52(38-44)50-14-6-12-20-62(50)70-64/h5-40H,1-4H3. The molecular weight excluding hydrogens is 853 g/mol. The van der Waals surface area contributed by atoms with Crippen molar-refractivity contribution < 1.29 is 8.83 Å². The first-order chi connectivity index (χ1) is 34.2. The van der Waals surface area contributed by atoms with E-state index in [1.54, 1.807) is 0 Å². The van der Waals surface area contributed by atoms with Gasteiger partial charge in [-0.3, -0.25) is 0 Å². The third-order valence-electron chi connectivity index (χ3n) is 15.5. The molecule has 70 heavy (non-hydrogen) atoms. The van der Waals surface area contributed by atoms with E-state index in [0.29, 0.717) is 0 Å². The average Bonchev–Trinajstić information content (AvgIpc) is 3.97. The third-order valence-corrected chi connectivity index (χ3v) is 15.5. The maximum absolute atomic E-state index is 6.15. The SMILES string of the molecule is CC1(C)c2ccccc2N(c2ccc(-c3ccc4oc5ccccc5c4c3)cc2)c2ccc(-c3ccc4c(c3)C(C)(C)c3ccccc3N4c3ccc(-c4ccc5oc6ccccc6c5c4)cc3)cc21. The van der Waals surface area contributed by atoms with E-state index < -0.39 is 0 Å². The van der Waals surface area contributed by atoms with E-state index >= 15 is 0 Å². The molecule has 0 unspecified atom stereocenters. The lowest BCUT2D eigenvalue weighted by atomic mass is 9.71. The molecule has 14 rings (SSSR count). The topological polar surface area (TPSA) is 32.8 Å². The Morgan fingerprint density at radius 2 is 0.600 bits per heavy atom. The minimum absolute atomic E-state index is 0.241. The van der Waals surface area contributed by atoms with E-state index in [1.165, 1.54) is 78.4 Å². The largest absolute Gasteiger partial charge is 0.456 e. The van der Waals surface area contributed by atoms with Crippen molar-refractivity contribution in [2.24, 2.45) is 0 Å². The fourth-order valence-corrected chi connectivity index (χ4v) is 11.7. The summed E-state index contributed by atoms with van der Waals surface area (Å²) in [5.41, 5.74) is 22.6. The lowest BCUT2D eigenvalue weighted by Crippen LogP contribution is -2.31. The first-order valence-electron chi connectivity index (χ1n) is 24.3. The second-order valence-electron chi connectivity index (χ2n) is 20.1. The molecule has 2 aliphatic heterocycles. The minimum atomic E-state index is -0.241. The van der Waals surface area contributed by atoms with Crippen LogP contribution in [0, 0.1) is 0 Å². The summed E-state index contributed by atoms with van der Waals surface area (Å²) in [5, 5.41) is 4.56. The van der Waals surface area contributed by atoms with Crippen LogP contribution in [-0.4, -0.2) is 0 Å². The molecular formula is C66H48N2O2. The Balaban J connectivity index is 0.830. The molecule has 0 N–H and O–H groups in total. The maximum Gasteiger partial charge on any atom is 0.135 e. The molecule has 2 aliphatic rings. The van der Waals surface area contributed by atoms with Gasteiger partial charge >= 0.3 is 0 Å². The van der Waals surface area contributed by atoms with Gasteiger partial charge in [0, 0.05) is 43.7 Å². The highest BCUT2D eigenvalue weighted by Crippen LogP contribution is 2.55. The van der Waals surface area contributed by atoms with Crippen molar-refractivity contribution in [3.8, 4) is 33.4 Å². The number of benzene rings is 10. The van der Waals surface area contributed by atoms with Crippen LogP contribution in [0.1, 0.15) is 49.9 Å². The van der Waals surface area contributed by atoms with E-state index in [9.17, 15) is 0 Å². The smallest absolute Gasteiger partial charge is 0.135 e. The van der Waals surface area contributed by atoms with Crippen LogP contribution < -0.4 is 9.80 Å². The molecule has 12 aromatic rings. The number of hydrogen-bond acceptors (Lipinski definition) is 4. The predicted molar refractivity (Wildman–Crippen MR) is 291 cm³/mol. The monoisotopic (exact) mass is 900 g/mol. The number of nitrogens with zero attached hydrogens (tertiary/aromatic N) is 2. The van der Waals surface area contributed by atoms with Gasteiger partial charge in [-0.05, 0) is 153 Å². The molecule has 0 spiro atoms. The van der Waals surface area contributed by atoms with Gasteiger partial charge < -0.3 is 18.6 Å². The third kappa shape index (κ3) is 6.02. The Labute approximate surface area is 407 Å². The molecule has 4 heteroatoms. The van der Waals surface area contributed by atoms with Gasteiger partial charge in [-0.1, -0.05) is 149 Å². The van der Waals surface area contributed by atoms with Gasteiger partial charge in [-0.25, -0.2) is 0 Å². The summed E-state index contributed by atoms with van der Waals surface area (Å²) < 4.78 is 12.3. The van der Waals surface area contributed by atoms with Crippen LogP contribution in [0.2, 0.25) is 0 Å². The minimum Gasteiger partial charge on any atom is -0.456 e. The summed E-state index contributed by atoms with van der Waals surface area (Å²) in [5.74, 6) is 0. The first kappa shape index (κ1) is 40.5. The Morgan fingerprint density at radius 3 is 1.04 bits per heavy atom. The van der Waals surface area contributed by atoms with Gasteiger partial charge in [-0.2, -0.15) is 0 Å². The van der Waals surface area contributed by atoms with Crippen molar-refractivity contribution in [1.82, 2.24) is 0 Å². The zero-order chi connectivity index (χ0) is 46.9. The van der Waals surface area contributed by atoms with Crippen molar-refractivity contribution >= 4 is 78.0 Å². The summed E-state index contributed by atoms with van der Waals surface area (Å²) in [6, 6.07) is 79.7. The molecule has 0 atom stereocenters. The predicted octanol–water partition coefficient (Wildman–Crippen LogP) is 18.7. The van der Waals surface area contributed by atoms with Crippen molar-refractivity contribution in [2.45, 2.75) is 38.5 Å². The van der Waals surface area contributed by atoms with Crippen molar-refractivity contribution in [3.63, 3.8) is 0 Å². The summed E-state index contributed by atoms with van der Waals surface area (Å²) in [6.45, 7) is 9.49. The van der Waals surface area contributed by atoms with E-state index in [1.807, 2.05) is 24.3 Å². The van der Waals surface area contributed by atoms with Gasteiger partial charge in [0.05, 0.1) is 22.7 Å². The Kier molecular flexibility index (Phi) is 8.64. The number of furan rings is 2. The van der Waals surface area contributed by atoms with Gasteiger partial charge in [-0.15, -0.1) is 0 Å². The summed E-state index contributed by atoms with van der Waals surface area (Å²) in [7, 11) is 0. The van der Waals surface area contributed by atoms with Crippen LogP contribution in [-0.2, 0) is 10.8 Å². The average molecular weight is 901 g/mol. The lowest BCUT2D eigenvalue weighted by Gasteiger charge is -2.43. The van der Waals surface area contributed by atoms with Gasteiger partial charge in [0.25, 0.3) is 0 Å². The second-order valence-corrected chi connectivity index (χ2v) is 20.1. The Bertz CT molecular complexity index is 3810. The number of para-hydroxylation sites is 4. The molecule has 10 aromatic carbocycles. The number of fused-ring (bicyclic) bond motifs is 10. The highest BCUT2D eigenvalue weighted by molar-refractivity contribution is 6.07. The van der Waals surface area contributed by atoms with Crippen molar-refractivity contribution in [3.05, 3.63) is 241 Å². The number of anilines is 6. The molecule has 4 heterocycles. The second kappa shape index (κ2) is 14.9. The molecule has 4 nitrogen and oxygen atoms in total. The molecule has 0 aliphatic carbocycles. The summed E-state index contributed by atoms with van der Waals surface area (Å²) in [4.78, 5) is 4.90. The van der Waals surface area contributed by atoms with E-state index in [2.05, 4.69) is 232 Å². The molecule has 0 amide bonds. The Hall–Kier alpha value is -8.60. The van der Waals surface area contributed by atoms with E-state index in [0.717, 1.165) is 55.3 Å². The lowest BCUT2D eigenvalue weighted by molar-refractivity contribution is 0.631. The molecule has 0 bridgehead atoms. The van der Waals surface area contributed by atoms with Crippen LogP contribution >= 0.6 is 0 Å². The quantitative estimate of drug-likeness (QED) is 0.172. The fourth-order valence-electron chi connectivity index (χ4n) is 11.7. The van der Waals surface area contributed by atoms with Gasteiger partial charge in [0.1, 0.15) is 22.3 Å². The molecule has 0 saturated heterocycles. The fraction of sp³-hybridized carbons (Fsp3) is 0.0909. The maximum atomic E-state index is 6.15. The molecule has 2 aromatic heterocycles. The van der Waals surface area contributed by atoms with Crippen molar-refractivity contribution in [1.29, 1.82) is 0 Å².